The molecule has 1 aromatic rings. The van der Waals surface area contributed by atoms with Crippen molar-refractivity contribution in [3.05, 3.63) is 35.9 Å². The molecule has 1 aromatic carbocycles. The smallest absolute Gasteiger partial charge is 0.216 e. The van der Waals surface area contributed by atoms with Crippen molar-refractivity contribution < 1.29 is 4.84 Å². The molecule has 2 heterocycles. The third-order valence-electron chi connectivity index (χ3n) is 3.30. The highest BCUT2D eigenvalue weighted by Crippen LogP contribution is 2.30. The molecule has 2 atom stereocenters. The molecule has 0 spiro atoms. The second-order valence-electron chi connectivity index (χ2n) is 4.34. The number of hydrazine groups is 1. The first-order valence-electron chi connectivity index (χ1n) is 5.58. The summed E-state index contributed by atoms with van der Waals surface area (Å²) in [6.07, 6.45) is 1.08. The van der Waals surface area contributed by atoms with Crippen LogP contribution in [0, 0.1) is 0 Å². The Kier molecular flexibility index (Phi) is 2.11. The van der Waals surface area contributed by atoms with Gasteiger partial charge in [0.05, 0.1) is 0 Å². The van der Waals surface area contributed by atoms with Gasteiger partial charge in [-0.25, -0.2) is 10.0 Å². The Balaban J connectivity index is 1.93. The van der Waals surface area contributed by atoms with Gasteiger partial charge in [-0.15, -0.1) is 0 Å². The number of rotatable bonds is 1. The van der Waals surface area contributed by atoms with E-state index in [9.17, 15) is 0 Å². The number of amidine groups is 1. The SMILES string of the molecule is CC1CC2ON=C(c3ccccc3)N2N1C. The molecule has 2 aliphatic heterocycles. The summed E-state index contributed by atoms with van der Waals surface area (Å²) < 4.78 is 0. The number of hydrogen-bond donors (Lipinski definition) is 0. The molecule has 3 rings (SSSR count). The molecule has 4 heteroatoms. The van der Waals surface area contributed by atoms with Crippen LogP contribution in [-0.2, 0) is 4.84 Å². The maximum absolute atomic E-state index is 5.46. The van der Waals surface area contributed by atoms with E-state index >= 15 is 0 Å². The van der Waals surface area contributed by atoms with Gasteiger partial charge in [-0.3, -0.25) is 0 Å². The van der Waals surface area contributed by atoms with Crippen LogP contribution in [0.15, 0.2) is 35.5 Å². The second kappa shape index (κ2) is 3.49. The van der Waals surface area contributed by atoms with Crippen LogP contribution in [0.5, 0.6) is 0 Å². The second-order valence-corrected chi connectivity index (χ2v) is 4.34. The fourth-order valence-corrected chi connectivity index (χ4v) is 2.26. The largest absolute Gasteiger partial charge is 0.367 e. The van der Waals surface area contributed by atoms with Gasteiger partial charge in [0.1, 0.15) is 0 Å². The average Bonchev–Trinajstić information content (AvgIpc) is 2.83. The molecule has 0 N–H and O–H groups in total. The molecule has 2 aliphatic rings. The van der Waals surface area contributed by atoms with Crippen molar-refractivity contribution in [2.45, 2.75) is 25.6 Å². The predicted octanol–water partition coefficient (Wildman–Crippen LogP) is 1.65. The molecule has 0 radical (unpaired) electrons. The van der Waals surface area contributed by atoms with E-state index < -0.39 is 0 Å². The summed E-state index contributed by atoms with van der Waals surface area (Å²) in [6.45, 7) is 2.20. The maximum Gasteiger partial charge on any atom is 0.216 e. The van der Waals surface area contributed by atoms with E-state index in [0.717, 1.165) is 17.8 Å². The lowest BCUT2D eigenvalue weighted by molar-refractivity contribution is -0.0255. The third kappa shape index (κ3) is 1.30. The van der Waals surface area contributed by atoms with E-state index in [0.29, 0.717) is 6.04 Å². The van der Waals surface area contributed by atoms with Gasteiger partial charge in [-0.05, 0) is 6.92 Å². The number of fused-ring (bicyclic) bond motifs is 1. The molecule has 0 bridgehead atoms. The van der Waals surface area contributed by atoms with Crippen molar-refractivity contribution in [1.82, 2.24) is 10.0 Å². The lowest BCUT2D eigenvalue weighted by Gasteiger charge is -2.26. The first-order chi connectivity index (χ1) is 7.77. The summed E-state index contributed by atoms with van der Waals surface area (Å²) in [5.74, 6) is 0.914. The Morgan fingerprint density at radius 2 is 2.06 bits per heavy atom. The highest BCUT2D eigenvalue weighted by molar-refractivity contribution is 5.99. The van der Waals surface area contributed by atoms with Crippen molar-refractivity contribution in [3.63, 3.8) is 0 Å². The summed E-state index contributed by atoms with van der Waals surface area (Å²) >= 11 is 0. The summed E-state index contributed by atoms with van der Waals surface area (Å²) in [7, 11) is 2.08. The zero-order valence-electron chi connectivity index (χ0n) is 9.50. The van der Waals surface area contributed by atoms with Crippen LogP contribution in [0.25, 0.3) is 0 Å². The number of oxime groups is 1. The lowest BCUT2D eigenvalue weighted by atomic mass is 10.2. The van der Waals surface area contributed by atoms with Crippen molar-refractivity contribution >= 4 is 5.84 Å². The van der Waals surface area contributed by atoms with Gasteiger partial charge in [-0.1, -0.05) is 35.5 Å². The first-order valence-corrected chi connectivity index (χ1v) is 5.58. The first kappa shape index (κ1) is 9.66. The van der Waals surface area contributed by atoms with Crippen molar-refractivity contribution in [1.29, 1.82) is 0 Å². The Labute approximate surface area is 95.1 Å². The van der Waals surface area contributed by atoms with E-state index in [1.54, 1.807) is 0 Å². The molecular formula is C12H15N3O. The zero-order chi connectivity index (χ0) is 11.1. The molecule has 2 unspecified atom stereocenters. The van der Waals surface area contributed by atoms with Gasteiger partial charge < -0.3 is 4.84 Å². The van der Waals surface area contributed by atoms with Crippen LogP contribution in [0.3, 0.4) is 0 Å². The minimum Gasteiger partial charge on any atom is -0.367 e. The molecule has 84 valence electrons. The lowest BCUT2D eigenvalue weighted by Crippen LogP contribution is -2.42. The molecule has 16 heavy (non-hydrogen) atoms. The predicted molar refractivity (Wildman–Crippen MR) is 61.5 cm³/mol. The van der Waals surface area contributed by atoms with E-state index in [1.807, 2.05) is 18.2 Å². The number of nitrogens with zero attached hydrogens (tertiary/aromatic N) is 3. The van der Waals surface area contributed by atoms with E-state index in [4.69, 9.17) is 4.84 Å². The third-order valence-corrected chi connectivity index (χ3v) is 3.30. The van der Waals surface area contributed by atoms with Crippen LogP contribution in [0.4, 0.5) is 0 Å². The summed E-state index contributed by atoms with van der Waals surface area (Å²) in [5.41, 5.74) is 1.10. The monoisotopic (exact) mass is 217 g/mol. The minimum absolute atomic E-state index is 0.0789. The quantitative estimate of drug-likeness (QED) is 0.716. The number of benzene rings is 1. The van der Waals surface area contributed by atoms with Gasteiger partial charge in [0, 0.05) is 25.1 Å². The van der Waals surface area contributed by atoms with Gasteiger partial charge in [0.25, 0.3) is 0 Å². The Bertz CT molecular complexity index is 418. The highest BCUT2D eigenvalue weighted by atomic mass is 16.7. The average molecular weight is 217 g/mol. The van der Waals surface area contributed by atoms with Crippen molar-refractivity contribution in [2.75, 3.05) is 7.05 Å². The maximum atomic E-state index is 5.46. The van der Waals surface area contributed by atoms with Crippen LogP contribution in [0.2, 0.25) is 0 Å². The molecule has 0 amide bonds. The van der Waals surface area contributed by atoms with Gasteiger partial charge in [0.2, 0.25) is 6.23 Å². The molecule has 0 aliphatic carbocycles. The summed E-state index contributed by atoms with van der Waals surface area (Å²) in [6, 6.07) is 10.7. The van der Waals surface area contributed by atoms with E-state index in [1.165, 1.54) is 0 Å². The van der Waals surface area contributed by atoms with E-state index in [-0.39, 0.29) is 6.23 Å². The number of hydrogen-bond acceptors (Lipinski definition) is 4. The molecule has 4 nitrogen and oxygen atoms in total. The fraction of sp³-hybridized carbons (Fsp3) is 0.417. The Morgan fingerprint density at radius 3 is 2.81 bits per heavy atom. The summed E-state index contributed by atoms with van der Waals surface area (Å²) in [5, 5.41) is 8.51. The van der Waals surface area contributed by atoms with Crippen molar-refractivity contribution in [2.24, 2.45) is 5.16 Å². The molecule has 1 fully saturated rings. The van der Waals surface area contributed by atoms with Gasteiger partial charge in [0.15, 0.2) is 5.84 Å². The van der Waals surface area contributed by atoms with Crippen molar-refractivity contribution in [3.8, 4) is 0 Å². The van der Waals surface area contributed by atoms with Gasteiger partial charge in [-0.2, -0.15) is 0 Å². The van der Waals surface area contributed by atoms with Crippen LogP contribution in [-0.4, -0.2) is 35.2 Å². The normalized spacial score (nSPS) is 28.9. The van der Waals surface area contributed by atoms with Crippen LogP contribution < -0.4 is 0 Å². The molecular weight excluding hydrogens is 202 g/mol. The van der Waals surface area contributed by atoms with E-state index in [2.05, 4.69) is 41.3 Å². The van der Waals surface area contributed by atoms with Crippen LogP contribution in [0.1, 0.15) is 18.9 Å². The summed E-state index contributed by atoms with van der Waals surface area (Å²) in [4.78, 5) is 5.46. The standard InChI is InChI=1S/C12H15N3O/c1-9-8-11-15(14(9)2)12(13-16-11)10-6-4-3-5-7-10/h3-7,9,11H,8H2,1-2H3. The minimum atomic E-state index is 0.0789. The van der Waals surface area contributed by atoms with Crippen LogP contribution >= 0.6 is 0 Å². The topological polar surface area (TPSA) is 28.1 Å². The molecule has 0 aromatic heterocycles. The highest BCUT2D eigenvalue weighted by Gasteiger charge is 2.42. The Morgan fingerprint density at radius 1 is 1.31 bits per heavy atom. The zero-order valence-corrected chi connectivity index (χ0v) is 9.50. The Hall–Kier alpha value is -1.55. The molecule has 0 saturated carbocycles. The molecule has 1 saturated heterocycles. The van der Waals surface area contributed by atoms with Gasteiger partial charge >= 0.3 is 0 Å². The fourth-order valence-electron chi connectivity index (χ4n) is 2.26.